The second-order valence-electron chi connectivity index (χ2n) is 9.65. The first-order valence-corrected chi connectivity index (χ1v) is 13.0. The van der Waals surface area contributed by atoms with Crippen LogP contribution in [0.4, 0.5) is 34.9 Å². The number of aromatic nitrogens is 4. The fourth-order valence-corrected chi connectivity index (χ4v) is 3.33. The summed E-state index contributed by atoms with van der Waals surface area (Å²) in [5.74, 6) is 1.99. The maximum atomic E-state index is 10.2. The van der Waals surface area contributed by atoms with Crippen molar-refractivity contribution in [1.82, 2.24) is 19.9 Å². The van der Waals surface area contributed by atoms with Crippen LogP contribution in [0.3, 0.4) is 0 Å². The molecule has 2 aromatic heterocycles. The molecule has 0 aliphatic rings. The number of rotatable bonds is 10. The smallest absolute Gasteiger partial charge is 0.229 e. The minimum atomic E-state index is -0.913. The number of hydrogen-bond donors (Lipinski definition) is 6. The van der Waals surface area contributed by atoms with Gasteiger partial charge in [0.25, 0.3) is 0 Å². The summed E-state index contributed by atoms with van der Waals surface area (Å²) >= 11 is 6.89. The lowest BCUT2D eigenvalue weighted by Gasteiger charge is -2.27. The van der Waals surface area contributed by atoms with Crippen molar-refractivity contribution < 1.29 is 10.2 Å². The predicted octanol–water partition coefficient (Wildman–Crippen LogP) is 5.42. The molecule has 0 radical (unpaired) electrons. The van der Waals surface area contributed by atoms with Crippen molar-refractivity contribution in [2.75, 3.05) is 21.3 Å². The van der Waals surface area contributed by atoms with E-state index >= 15 is 0 Å². The van der Waals surface area contributed by atoms with Crippen molar-refractivity contribution in [2.45, 2.75) is 64.8 Å². The molecule has 1 aromatic carbocycles. The Morgan fingerprint density at radius 1 is 0.694 bits per heavy atom. The van der Waals surface area contributed by atoms with Gasteiger partial charge in [-0.25, -0.2) is 9.97 Å². The molecule has 0 spiro atoms. The van der Waals surface area contributed by atoms with Crippen LogP contribution in [-0.2, 0) is 0 Å². The average Bonchev–Trinajstić information content (AvgIpc) is 2.78. The van der Waals surface area contributed by atoms with Gasteiger partial charge in [-0.3, -0.25) is 0 Å². The van der Waals surface area contributed by atoms with Gasteiger partial charge >= 0.3 is 0 Å². The summed E-state index contributed by atoms with van der Waals surface area (Å²) in [6.45, 7) is 10.7. The molecule has 0 amide bonds. The Hall–Kier alpha value is -2.54. The molecule has 0 fully saturated rings. The number of hydrogen-bond acceptors (Lipinski definition) is 10. The summed E-state index contributed by atoms with van der Waals surface area (Å²) in [5.41, 5.74) is -0.238. The molecule has 6 N–H and O–H groups in total. The maximum Gasteiger partial charge on any atom is 0.229 e. The van der Waals surface area contributed by atoms with E-state index in [2.05, 4.69) is 73.1 Å². The monoisotopic (exact) mass is 622 g/mol. The molecule has 2 heterocycles. The first-order valence-electron chi connectivity index (χ1n) is 11.4. The predicted molar refractivity (Wildman–Crippen MR) is 151 cm³/mol. The molecule has 0 saturated carbocycles. The third-order valence-electron chi connectivity index (χ3n) is 5.71. The van der Waals surface area contributed by atoms with Gasteiger partial charge in [0.05, 0.1) is 32.2 Å². The van der Waals surface area contributed by atoms with E-state index in [9.17, 15) is 10.2 Å². The van der Waals surface area contributed by atoms with Crippen molar-refractivity contribution in [1.29, 1.82) is 0 Å². The minimum Gasteiger partial charge on any atom is -0.388 e. The molecule has 3 aromatic rings. The lowest BCUT2D eigenvalue weighted by Crippen LogP contribution is -2.39. The van der Waals surface area contributed by atoms with E-state index in [1.54, 1.807) is 40.1 Å². The van der Waals surface area contributed by atoms with Crippen LogP contribution in [0.2, 0.25) is 0 Å². The standard InChI is InChI=1S/C24H32Br2N8O2/c1-13(23(3,4)35)29-19-17(25)11-27-21(33-19)31-15-7-9-16(10-8-15)32-22-28-12-18(26)20(34-22)30-14(2)24(5,6)36/h7-14,35-36H,1-6H3,(H2,27,29,31,33)(H2,28,30,32,34)/t13-,14?/m1/s1. The fourth-order valence-electron chi connectivity index (χ4n) is 2.72. The van der Waals surface area contributed by atoms with Crippen LogP contribution in [0.1, 0.15) is 41.5 Å². The minimum absolute atomic E-state index is 0.225. The number of aliphatic hydroxyl groups is 2. The quantitative estimate of drug-likeness (QED) is 0.173. The van der Waals surface area contributed by atoms with Gasteiger partial charge in [0.2, 0.25) is 11.9 Å². The van der Waals surface area contributed by atoms with Gasteiger partial charge in [0, 0.05) is 23.8 Å². The zero-order valence-electron chi connectivity index (χ0n) is 21.1. The number of halogens is 2. The van der Waals surface area contributed by atoms with Crippen molar-refractivity contribution in [3.8, 4) is 0 Å². The molecule has 2 atom stereocenters. The topological polar surface area (TPSA) is 140 Å². The van der Waals surface area contributed by atoms with E-state index in [4.69, 9.17) is 0 Å². The Balaban J connectivity index is 1.68. The highest BCUT2D eigenvalue weighted by Gasteiger charge is 2.24. The fraction of sp³-hybridized carbons (Fsp3) is 0.417. The molecule has 12 heteroatoms. The molecule has 3 rings (SSSR count). The second-order valence-corrected chi connectivity index (χ2v) is 11.4. The van der Waals surface area contributed by atoms with E-state index in [-0.39, 0.29) is 12.1 Å². The zero-order chi connectivity index (χ0) is 26.7. The van der Waals surface area contributed by atoms with E-state index in [1.807, 2.05) is 38.1 Å². The highest BCUT2D eigenvalue weighted by Crippen LogP contribution is 2.27. The van der Waals surface area contributed by atoms with Crippen molar-refractivity contribution in [2.24, 2.45) is 0 Å². The number of nitrogens with zero attached hydrogens (tertiary/aromatic N) is 4. The van der Waals surface area contributed by atoms with Gasteiger partial charge in [0.15, 0.2) is 0 Å². The normalized spacial score (nSPS) is 13.6. The Morgan fingerprint density at radius 3 is 1.33 bits per heavy atom. The van der Waals surface area contributed by atoms with Crippen LogP contribution < -0.4 is 21.3 Å². The number of anilines is 6. The largest absolute Gasteiger partial charge is 0.388 e. The molecule has 10 nitrogen and oxygen atoms in total. The molecule has 194 valence electrons. The zero-order valence-corrected chi connectivity index (χ0v) is 24.2. The van der Waals surface area contributed by atoms with Gasteiger partial charge in [-0.1, -0.05) is 0 Å². The first-order chi connectivity index (χ1) is 16.7. The third-order valence-corrected chi connectivity index (χ3v) is 6.87. The molecular weight excluding hydrogens is 592 g/mol. The Morgan fingerprint density at radius 2 is 1.03 bits per heavy atom. The van der Waals surface area contributed by atoms with Gasteiger partial charge in [0.1, 0.15) is 11.6 Å². The Kier molecular flexibility index (Phi) is 8.75. The molecule has 36 heavy (non-hydrogen) atoms. The van der Waals surface area contributed by atoms with Gasteiger partial charge < -0.3 is 31.5 Å². The lowest BCUT2D eigenvalue weighted by atomic mass is 10.0. The van der Waals surface area contributed by atoms with Gasteiger partial charge in [-0.05, 0) is 97.7 Å². The van der Waals surface area contributed by atoms with Crippen molar-refractivity contribution in [3.05, 3.63) is 45.6 Å². The van der Waals surface area contributed by atoms with Crippen LogP contribution in [-0.4, -0.2) is 53.4 Å². The van der Waals surface area contributed by atoms with Crippen LogP contribution in [0, 0.1) is 0 Å². The van der Waals surface area contributed by atoms with Crippen LogP contribution in [0.15, 0.2) is 45.6 Å². The third kappa shape index (κ3) is 7.73. The molecule has 0 bridgehead atoms. The summed E-state index contributed by atoms with van der Waals surface area (Å²) in [7, 11) is 0. The summed E-state index contributed by atoms with van der Waals surface area (Å²) in [4.78, 5) is 17.7. The molecular formula is C24H32Br2N8O2. The summed E-state index contributed by atoms with van der Waals surface area (Å²) < 4.78 is 1.40. The lowest BCUT2D eigenvalue weighted by molar-refractivity contribution is 0.0643. The van der Waals surface area contributed by atoms with E-state index in [1.165, 1.54) is 0 Å². The molecule has 1 unspecified atom stereocenters. The van der Waals surface area contributed by atoms with Gasteiger partial charge in [-0.15, -0.1) is 0 Å². The second kappa shape index (κ2) is 11.2. The van der Waals surface area contributed by atoms with Crippen molar-refractivity contribution in [3.63, 3.8) is 0 Å². The van der Waals surface area contributed by atoms with E-state index in [0.29, 0.717) is 32.5 Å². The summed E-state index contributed by atoms with van der Waals surface area (Å²) in [6, 6.07) is 7.08. The molecule has 0 aliphatic heterocycles. The van der Waals surface area contributed by atoms with Crippen LogP contribution in [0.25, 0.3) is 0 Å². The average molecular weight is 624 g/mol. The molecule has 0 saturated heterocycles. The highest BCUT2D eigenvalue weighted by molar-refractivity contribution is 9.11. The Labute approximate surface area is 228 Å². The van der Waals surface area contributed by atoms with Crippen molar-refractivity contribution >= 4 is 66.8 Å². The number of benzene rings is 1. The van der Waals surface area contributed by atoms with Crippen LogP contribution >= 0.6 is 31.9 Å². The van der Waals surface area contributed by atoms with E-state index in [0.717, 1.165) is 11.4 Å². The molecule has 0 aliphatic carbocycles. The highest BCUT2D eigenvalue weighted by atomic mass is 79.9. The summed E-state index contributed by atoms with van der Waals surface area (Å²) in [5, 5.41) is 33.2. The summed E-state index contributed by atoms with van der Waals surface area (Å²) in [6.07, 6.45) is 3.31. The Bertz CT molecular complexity index is 1090. The first kappa shape index (κ1) is 28.0. The SMILES string of the molecule is CC(Nc1nc(Nc2ccc(Nc3ncc(Br)c(N[C@H](C)C(C)(C)O)n3)cc2)ncc1Br)C(C)(C)O. The maximum absolute atomic E-state index is 10.2. The number of nitrogens with one attached hydrogen (secondary N) is 4. The van der Waals surface area contributed by atoms with Gasteiger partial charge in [-0.2, -0.15) is 9.97 Å². The van der Waals surface area contributed by atoms with Crippen LogP contribution in [0.5, 0.6) is 0 Å². The van der Waals surface area contributed by atoms with E-state index < -0.39 is 11.2 Å².